The van der Waals surface area contributed by atoms with Crippen LogP contribution in [-0.4, -0.2) is 0 Å². The minimum absolute atomic E-state index is 0.144. The summed E-state index contributed by atoms with van der Waals surface area (Å²) in [6, 6.07) is 32.2. The second kappa shape index (κ2) is 7.89. The molecule has 4 nitrogen and oxygen atoms in total. The summed E-state index contributed by atoms with van der Waals surface area (Å²) in [4.78, 5) is 0. The summed E-state index contributed by atoms with van der Waals surface area (Å²) in [7, 11) is 0. The molecule has 1 aliphatic rings. The van der Waals surface area contributed by atoms with Gasteiger partial charge in [-0.3, -0.25) is 0 Å². The number of nitrogens with zero attached hydrogens (tertiary/aromatic N) is 1. The lowest BCUT2D eigenvalue weighted by Gasteiger charge is -2.28. The number of nitriles is 1. The molecule has 0 radical (unpaired) electrons. The number of allylic oxidation sites excluding steroid dienone is 1. The zero-order chi connectivity index (χ0) is 21.2. The summed E-state index contributed by atoms with van der Waals surface area (Å²) in [5.74, 6) is 1.23. The first-order valence-electron chi connectivity index (χ1n) is 10.1. The van der Waals surface area contributed by atoms with Gasteiger partial charge in [-0.25, -0.2) is 0 Å². The largest absolute Gasteiger partial charge is 0.489 e. The molecule has 1 heterocycles. The number of nitrogens with two attached hydrogens (primary N) is 1. The number of rotatable bonds is 4. The Bertz CT molecular complexity index is 1340. The second-order valence-electron chi connectivity index (χ2n) is 7.47. The second-order valence-corrected chi connectivity index (χ2v) is 7.47. The van der Waals surface area contributed by atoms with Gasteiger partial charge < -0.3 is 15.2 Å². The summed E-state index contributed by atoms with van der Waals surface area (Å²) in [5.41, 5.74) is 9.54. The molecular weight excluding hydrogens is 384 g/mol. The van der Waals surface area contributed by atoms with Crippen LogP contribution in [-0.2, 0) is 6.61 Å². The molecule has 1 atom stereocenters. The topological polar surface area (TPSA) is 68.3 Å². The third-order valence-electron chi connectivity index (χ3n) is 5.55. The van der Waals surface area contributed by atoms with Crippen molar-refractivity contribution < 1.29 is 9.47 Å². The van der Waals surface area contributed by atoms with Crippen molar-refractivity contribution in [3.63, 3.8) is 0 Å². The molecule has 4 aromatic rings. The van der Waals surface area contributed by atoms with Gasteiger partial charge in [0.05, 0.1) is 5.92 Å². The highest BCUT2D eigenvalue weighted by Gasteiger charge is 2.32. The molecular formula is C27H20N2O2. The smallest absolute Gasteiger partial charge is 0.205 e. The van der Waals surface area contributed by atoms with Crippen LogP contribution in [0.3, 0.4) is 0 Å². The van der Waals surface area contributed by atoms with E-state index < -0.39 is 0 Å². The van der Waals surface area contributed by atoms with Crippen molar-refractivity contribution in [1.82, 2.24) is 0 Å². The molecule has 0 bridgehead atoms. The number of ether oxygens (including phenoxy) is 2. The maximum Gasteiger partial charge on any atom is 0.205 e. The van der Waals surface area contributed by atoms with E-state index in [1.54, 1.807) is 0 Å². The highest BCUT2D eigenvalue weighted by molar-refractivity contribution is 5.90. The predicted molar refractivity (Wildman–Crippen MR) is 120 cm³/mol. The lowest BCUT2D eigenvalue weighted by Crippen LogP contribution is -2.21. The lowest BCUT2D eigenvalue weighted by molar-refractivity contribution is 0.306. The van der Waals surface area contributed by atoms with Gasteiger partial charge in [0.25, 0.3) is 0 Å². The Morgan fingerprint density at radius 1 is 0.903 bits per heavy atom. The first-order valence-corrected chi connectivity index (χ1v) is 10.1. The van der Waals surface area contributed by atoms with Crippen molar-refractivity contribution in [2.45, 2.75) is 12.5 Å². The molecule has 4 heteroatoms. The van der Waals surface area contributed by atoms with E-state index >= 15 is 0 Å². The van der Waals surface area contributed by atoms with Crippen LogP contribution < -0.4 is 15.2 Å². The molecule has 0 fully saturated rings. The summed E-state index contributed by atoms with van der Waals surface area (Å²) in [6.45, 7) is 0.473. The third kappa shape index (κ3) is 3.47. The fraction of sp³-hybridized carbons (Fsp3) is 0.0741. The highest BCUT2D eigenvalue weighted by Crippen LogP contribution is 2.46. The maximum atomic E-state index is 9.91. The Morgan fingerprint density at radius 2 is 1.71 bits per heavy atom. The van der Waals surface area contributed by atoms with Gasteiger partial charge in [-0.15, -0.1) is 0 Å². The minimum Gasteiger partial charge on any atom is -0.489 e. The van der Waals surface area contributed by atoms with E-state index in [0.29, 0.717) is 17.9 Å². The van der Waals surface area contributed by atoms with Crippen LogP contribution in [0.4, 0.5) is 0 Å². The van der Waals surface area contributed by atoms with E-state index in [2.05, 4.69) is 18.2 Å². The summed E-state index contributed by atoms with van der Waals surface area (Å²) < 4.78 is 11.9. The molecule has 0 spiro atoms. The zero-order valence-corrected chi connectivity index (χ0v) is 16.8. The third-order valence-corrected chi connectivity index (χ3v) is 5.55. The van der Waals surface area contributed by atoms with E-state index in [1.165, 1.54) is 0 Å². The molecule has 1 aliphatic heterocycles. The fourth-order valence-corrected chi connectivity index (χ4v) is 4.10. The Morgan fingerprint density at radius 3 is 2.55 bits per heavy atom. The standard InChI is InChI=1S/C27H20N2O2/c28-16-23-25(20-10-6-11-21(15-20)30-17-18-7-2-1-3-8-18)26-22-12-5-4-9-19(22)13-14-24(26)31-27(23)29/h1-15,25H,17,29H2/t25-/m1/s1. The number of hydrogen-bond acceptors (Lipinski definition) is 4. The molecule has 4 aromatic carbocycles. The predicted octanol–water partition coefficient (Wildman–Crippen LogP) is 5.64. The highest BCUT2D eigenvalue weighted by atomic mass is 16.5. The molecule has 150 valence electrons. The van der Waals surface area contributed by atoms with Gasteiger partial charge in [0.1, 0.15) is 29.7 Å². The Balaban J connectivity index is 1.59. The first-order chi connectivity index (χ1) is 15.2. The summed E-state index contributed by atoms with van der Waals surface area (Å²) in [5, 5.41) is 12.0. The van der Waals surface area contributed by atoms with Crippen molar-refractivity contribution in [1.29, 1.82) is 5.26 Å². The van der Waals surface area contributed by atoms with Crippen LogP contribution in [0.2, 0.25) is 0 Å². The summed E-state index contributed by atoms with van der Waals surface area (Å²) >= 11 is 0. The molecule has 0 amide bonds. The lowest BCUT2D eigenvalue weighted by atomic mass is 9.81. The van der Waals surface area contributed by atoms with Gasteiger partial charge in [0, 0.05) is 5.56 Å². The first kappa shape index (κ1) is 18.8. The molecule has 31 heavy (non-hydrogen) atoms. The van der Waals surface area contributed by atoms with Crippen molar-refractivity contribution in [2.24, 2.45) is 5.73 Å². The molecule has 0 saturated heterocycles. The van der Waals surface area contributed by atoms with Crippen LogP contribution in [0.5, 0.6) is 11.5 Å². The Labute approximate surface area is 180 Å². The Kier molecular flexibility index (Phi) is 4.78. The van der Waals surface area contributed by atoms with Gasteiger partial charge in [-0.1, -0.05) is 72.8 Å². The fourth-order valence-electron chi connectivity index (χ4n) is 4.10. The zero-order valence-electron chi connectivity index (χ0n) is 16.8. The van der Waals surface area contributed by atoms with Crippen LogP contribution in [0, 0.1) is 11.3 Å². The molecule has 2 N–H and O–H groups in total. The average Bonchev–Trinajstić information content (AvgIpc) is 2.82. The van der Waals surface area contributed by atoms with E-state index in [1.807, 2.05) is 78.9 Å². The quantitative estimate of drug-likeness (QED) is 0.478. The molecule has 0 unspecified atom stereocenters. The summed E-state index contributed by atoms with van der Waals surface area (Å²) in [6.07, 6.45) is 0. The van der Waals surface area contributed by atoms with E-state index in [9.17, 15) is 5.26 Å². The van der Waals surface area contributed by atoms with Crippen LogP contribution in [0.1, 0.15) is 22.6 Å². The van der Waals surface area contributed by atoms with E-state index in [-0.39, 0.29) is 11.8 Å². The minimum atomic E-state index is -0.333. The van der Waals surface area contributed by atoms with Crippen LogP contribution in [0.25, 0.3) is 10.8 Å². The van der Waals surface area contributed by atoms with Crippen molar-refractivity contribution in [3.05, 3.63) is 119 Å². The van der Waals surface area contributed by atoms with Crippen LogP contribution in [0.15, 0.2) is 102 Å². The SMILES string of the molecule is N#CC1=C(N)Oc2ccc3ccccc3c2[C@@H]1c1cccc(OCc2ccccc2)c1. The van der Waals surface area contributed by atoms with Gasteiger partial charge >= 0.3 is 0 Å². The molecule has 5 rings (SSSR count). The number of fused-ring (bicyclic) bond motifs is 3. The van der Waals surface area contributed by atoms with Gasteiger partial charge in [0.2, 0.25) is 5.88 Å². The van der Waals surface area contributed by atoms with Gasteiger partial charge in [-0.2, -0.15) is 5.26 Å². The number of hydrogen-bond donors (Lipinski definition) is 1. The van der Waals surface area contributed by atoms with Crippen molar-refractivity contribution in [3.8, 4) is 17.6 Å². The molecule has 0 aliphatic carbocycles. The van der Waals surface area contributed by atoms with E-state index in [0.717, 1.165) is 33.2 Å². The van der Waals surface area contributed by atoms with Crippen molar-refractivity contribution >= 4 is 10.8 Å². The van der Waals surface area contributed by atoms with Crippen LogP contribution >= 0.6 is 0 Å². The molecule has 0 aromatic heterocycles. The Hall–Kier alpha value is -4.23. The number of benzene rings is 4. The molecule has 0 saturated carbocycles. The van der Waals surface area contributed by atoms with Gasteiger partial charge in [-0.05, 0) is 40.1 Å². The average molecular weight is 404 g/mol. The van der Waals surface area contributed by atoms with Gasteiger partial charge in [0.15, 0.2) is 0 Å². The maximum absolute atomic E-state index is 9.91. The van der Waals surface area contributed by atoms with Crippen molar-refractivity contribution in [2.75, 3.05) is 0 Å². The monoisotopic (exact) mass is 404 g/mol. The van der Waals surface area contributed by atoms with E-state index in [4.69, 9.17) is 15.2 Å². The normalized spacial score (nSPS) is 15.1.